The number of nitrogens with one attached hydrogen (secondary N) is 2. The lowest BCUT2D eigenvalue weighted by Crippen LogP contribution is -2.50. The fourth-order valence-corrected chi connectivity index (χ4v) is 1.38. The highest BCUT2D eigenvalue weighted by atomic mass is 16.6. The van der Waals surface area contributed by atoms with E-state index in [1.54, 1.807) is 0 Å². The van der Waals surface area contributed by atoms with Crippen LogP contribution >= 0.6 is 0 Å². The summed E-state index contributed by atoms with van der Waals surface area (Å²) in [5, 5.41) is 4.53. The van der Waals surface area contributed by atoms with Gasteiger partial charge in [0.2, 0.25) is 5.91 Å². The zero-order valence-corrected chi connectivity index (χ0v) is 10.4. The monoisotopic (exact) mass is 274 g/mol. The van der Waals surface area contributed by atoms with Crippen molar-refractivity contribution in [1.29, 1.82) is 0 Å². The van der Waals surface area contributed by atoms with Crippen molar-refractivity contribution in [2.24, 2.45) is 0 Å². The molecule has 1 rings (SSSR count). The molecular formula is C10H14N2O7. The van der Waals surface area contributed by atoms with Crippen LogP contribution in [0.25, 0.3) is 0 Å². The van der Waals surface area contributed by atoms with E-state index in [-0.39, 0.29) is 13.0 Å². The van der Waals surface area contributed by atoms with Gasteiger partial charge in [-0.3, -0.25) is 9.59 Å². The van der Waals surface area contributed by atoms with E-state index in [4.69, 9.17) is 0 Å². The molecule has 0 saturated carbocycles. The van der Waals surface area contributed by atoms with Gasteiger partial charge in [-0.05, 0) is 0 Å². The Balaban J connectivity index is 2.61. The molecular weight excluding hydrogens is 260 g/mol. The van der Waals surface area contributed by atoms with Gasteiger partial charge in [0, 0.05) is 0 Å². The van der Waals surface area contributed by atoms with Gasteiger partial charge in [0.05, 0.1) is 20.6 Å². The van der Waals surface area contributed by atoms with Crippen molar-refractivity contribution in [3.8, 4) is 0 Å². The average molecular weight is 274 g/mol. The van der Waals surface area contributed by atoms with E-state index in [0.717, 1.165) is 14.2 Å². The van der Waals surface area contributed by atoms with Crippen LogP contribution < -0.4 is 10.6 Å². The number of methoxy groups -OCH3 is 2. The zero-order valence-electron chi connectivity index (χ0n) is 10.4. The van der Waals surface area contributed by atoms with Gasteiger partial charge in [0.15, 0.2) is 0 Å². The van der Waals surface area contributed by atoms with Crippen molar-refractivity contribution in [2.75, 3.05) is 20.8 Å². The quantitative estimate of drug-likeness (QED) is 0.453. The Morgan fingerprint density at radius 3 is 2.58 bits per heavy atom. The minimum absolute atomic E-state index is 0.142. The lowest BCUT2D eigenvalue weighted by Gasteiger charge is -2.17. The number of hydrogen-bond acceptors (Lipinski definition) is 7. The second kappa shape index (κ2) is 6.57. The SMILES string of the molecule is COC(=O)C[C@H](NC(=O)[C@@H]1COC(=O)N1)C(=O)OC. The standard InChI is InChI=1S/C10H14N2O7/c1-17-7(13)3-5(9(15)18-2)11-8(14)6-4-19-10(16)12-6/h5-6H,3-4H2,1-2H3,(H,11,14)(H,12,16)/t5-,6-/m0/s1. The van der Waals surface area contributed by atoms with Gasteiger partial charge >= 0.3 is 18.0 Å². The fourth-order valence-electron chi connectivity index (χ4n) is 1.38. The largest absolute Gasteiger partial charge is 0.469 e. The van der Waals surface area contributed by atoms with Crippen LogP contribution in [0.15, 0.2) is 0 Å². The molecule has 1 aliphatic rings. The molecule has 0 spiro atoms. The van der Waals surface area contributed by atoms with E-state index in [1.165, 1.54) is 0 Å². The smallest absolute Gasteiger partial charge is 0.407 e. The number of alkyl carbamates (subject to hydrolysis) is 1. The molecule has 0 aromatic carbocycles. The Labute approximate surface area is 108 Å². The maximum atomic E-state index is 11.7. The van der Waals surface area contributed by atoms with Crippen molar-refractivity contribution in [2.45, 2.75) is 18.5 Å². The summed E-state index contributed by atoms with van der Waals surface area (Å²) in [5.74, 6) is -2.11. The molecule has 2 N–H and O–H groups in total. The Hall–Kier alpha value is -2.32. The van der Waals surface area contributed by atoms with E-state index in [9.17, 15) is 19.2 Å². The van der Waals surface area contributed by atoms with E-state index in [0.29, 0.717) is 0 Å². The van der Waals surface area contributed by atoms with Crippen LogP contribution in [-0.4, -0.2) is 56.8 Å². The molecule has 0 aromatic rings. The summed E-state index contributed by atoms with van der Waals surface area (Å²) in [5.41, 5.74) is 0. The number of carbonyl (C=O) groups is 4. The number of esters is 2. The summed E-state index contributed by atoms with van der Waals surface area (Å²) in [7, 11) is 2.28. The second-order valence-corrected chi connectivity index (χ2v) is 3.66. The maximum absolute atomic E-state index is 11.7. The van der Waals surface area contributed by atoms with Crippen LogP contribution in [0.3, 0.4) is 0 Å². The van der Waals surface area contributed by atoms with Gasteiger partial charge < -0.3 is 24.8 Å². The lowest BCUT2D eigenvalue weighted by atomic mass is 10.2. The second-order valence-electron chi connectivity index (χ2n) is 3.66. The Morgan fingerprint density at radius 2 is 2.11 bits per heavy atom. The van der Waals surface area contributed by atoms with Gasteiger partial charge in [-0.15, -0.1) is 0 Å². The molecule has 1 aliphatic heterocycles. The topological polar surface area (TPSA) is 120 Å². The van der Waals surface area contributed by atoms with E-state index in [2.05, 4.69) is 24.8 Å². The Morgan fingerprint density at radius 1 is 1.42 bits per heavy atom. The summed E-state index contributed by atoms with van der Waals surface area (Å²) in [6.45, 7) is -0.142. The summed E-state index contributed by atoms with van der Waals surface area (Å²) in [4.78, 5) is 45.0. The van der Waals surface area contributed by atoms with Gasteiger partial charge in [-0.25, -0.2) is 9.59 Å². The Bertz CT molecular complexity index is 395. The summed E-state index contributed by atoms with van der Waals surface area (Å²) >= 11 is 0. The van der Waals surface area contributed by atoms with Crippen molar-refractivity contribution in [1.82, 2.24) is 10.6 Å². The number of cyclic esters (lactones) is 1. The zero-order chi connectivity index (χ0) is 14.4. The lowest BCUT2D eigenvalue weighted by molar-refractivity contribution is -0.150. The van der Waals surface area contributed by atoms with Crippen molar-refractivity contribution >= 4 is 23.9 Å². The van der Waals surface area contributed by atoms with Crippen molar-refractivity contribution in [3.05, 3.63) is 0 Å². The molecule has 1 saturated heterocycles. The first-order valence-electron chi connectivity index (χ1n) is 5.36. The number of ether oxygens (including phenoxy) is 3. The highest BCUT2D eigenvalue weighted by Gasteiger charge is 2.33. The highest BCUT2D eigenvalue weighted by Crippen LogP contribution is 2.02. The number of amides is 2. The Kier molecular flexibility index (Phi) is 5.10. The molecule has 1 fully saturated rings. The van der Waals surface area contributed by atoms with Gasteiger partial charge in [-0.1, -0.05) is 0 Å². The van der Waals surface area contributed by atoms with Crippen molar-refractivity contribution in [3.63, 3.8) is 0 Å². The molecule has 0 aliphatic carbocycles. The number of rotatable bonds is 5. The normalized spacial score (nSPS) is 18.8. The molecule has 19 heavy (non-hydrogen) atoms. The van der Waals surface area contributed by atoms with E-state index in [1.807, 2.05) is 0 Å². The van der Waals surface area contributed by atoms with E-state index < -0.39 is 36.0 Å². The molecule has 0 bridgehead atoms. The summed E-state index contributed by atoms with van der Waals surface area (Å²) in [6, 6.07) is -2.08. The highest BCUT2D eigenvalue weighted by molar-refractivity contribution is 5.92. The summed E-state index contributed by atoms with van der Waals surface area (Å²) in [6.07, 6.45) is -1.08. The van der Waals surface area contributed by atoms with Gasteiger partial charge in [-0.2, -0.15) is 0 Å². The van der Waals surface area contributed by atoms with Crippen LogP contribution in [0.5, 0.6) is 0 Å². The molecule has 2 atom stereocenters. The maximum Gasteiger partial charge on any atom is 0.407 e. The van der Waals surface area contributed by atoms with Crippen LogP contribution in [0.1, 0.15) is 6.42 Å². The molecule has 0 unspecified atom stereocenters. The third kappa shape index (κ3) is 4.12. The van der Waals surface area contributed by atoms with Gasteiger partial charge in [0.1, 0.15) is 18.7 Å². The first kappa shape index (κ1) is 14.7. The van der Waals surface area contributed by atoms with Gasteiger partial charge in [0.25, 0.3) is 0 Å². The molecule has 0 aromatic heterocycles. The first-order chi connectivity index (χ1) is 8.97. The summed E-state index contributed by atoms with van der Waals surface area (Å²) < 4.78 is 13.4. The average Bonchev–Trinajstić information content (AvgIpc) is 2.83. The van der Waals surface area contributed by atoms with Crippen molar-refractivity contribution < 1.29 is 33.4 Å². The van der Waals surface area contributed by atoms with Crippen LogP contribution in [-0.2, 0) is 28.6 Å². The van der Waals surface area contributed by atoms with E-state index >= 15 is 0 Å². The molecule has 9 heteroatoms. The minimum Gasteiger partial charge on any atom is -0.469 e. The minimum atomic E-state index is -1.18. The number of hydrogen-bond donors (Lipinski definition) is 2. The first-order valence-corrected chi connectivity index (χ1v) is 5.36. The molecule has 1 heterocycles. The molecule has 9 nitrogen and oxygen atoms in total. The van der Waals surface area contributed by atoms with Crippen LogP contribution in [0.2, 0.25) is 0 Å². The predicted octanol–water partition coefficient (Wildman–Crippen LogP) is -1.68. The number of carbonyl (C=O) groups excluding carboxylic acids is 4. The third-order valence-electron chi connectivity index (χ3n) is 2.39. The molecule has 106 valence electrons. The third-order valence-corrected chi connectivity index (χ3v) is 2.39. The fraction of sp³-hybridized carbons (Fsp3) is 0.600. The van der Waals surface area contributed by atoms with Crippen LogP contribution in [0.4, 0.5) is 4.79 Å². The van der Waals surface area contributed by atoms with Crippen LogP contribution in [0, 0.1) is 0 Å². The predicted molar refractivity (Wildman–Crippen MR) is 58.9 cm³/mol. The molecule has 2 amide bonds. The molecule has 0 radical (unpaired) electrons.